The zero-order valence-electron chi connectivity index (χ0n) is 16.4. The average molecular weight is 570 g/mol. The summed E-state index contributed by atoms with van der Waals surface area (Å²) in [7, 11) is 0. The van der Waals surface area contributed by atoms with Crippen LogP contribution in [0.25, 0.3) is 0 Å². The molecule has 0 aliphatic rings. The first-order valence-corrected chi connectivity index (χ1v) is 14.0. The fourth-order valence-corrected chi connectivity index (χ4v) is 8.57. The third-order valence-electron chi connectivity index (χ3n) is 3.31. The molecule has 0 aromatic heterocycles. The molecule has 0 amide bonds. The van der Waals surface area contributed by atoms with Crippen LogP contribution in [0.2, 0.25) is 0 Å². The molecular weight excluding hydrogens is 538 g/mol. The molecule has 0 fully saturated rings. The SMILES string of the molecule is CC(C)(C)CC(=O)[I-]CCC[I-]C(=O)c1ccc(CC(C)(C)C)cc1. The van der Waals surface area contributed by atoms with Crippen LogP contribution in [-0.4, -0.2) is 16.4 Å². The Balaban J connectivity index is 2.29. The topological polar surface area (TPSA) is 34.1 Å². The molecule has 25 heavy (non-hydrogen) atoms. The van der Waals surface area contributed by atoms with Gasteiger partial charge in [0.2, 0.25) is 0 Å². The predicted octanol–water partition coefficient (Wildman–Crippen LogP) is -1.05. The molecule has 0 unspecified atom stereocenters. The number of carbonyl (C=O) groups excluding carboxylic acids is 2. The van der Waals surface area contributed by atoms with Gasteiger partial charge in [-0.15, -0.1) is 0 Å². The molecule has 0 bridgehead atoms. The molecular formula is C21H32I2O2-2. The monoisotopic (exact) mass is 570 g/mol. The van der Waals surface area contributed by atoms with Gasteiger partial charge in [0, 0.05) is 0 Å². The summed E-state index contributed by atoms with van der Waals surface area (Å²) in [5, 5.41) is 0. The molecule has 0 N–H and O–H groups in total. The van der Waals surface area contributed by atoms with Gasteiger partial charge in [-0.05, 0) is 0 Å². The van der Waals surface area contributed by atoms with Crippen LogP contribution in [0.4, 0.5) is 0 Å². The molecule has 1 rings (SSSR count). The standard InChI is InChI=1S/C21H32I2O2/c1-20(2,3)14-16-8-10-17(11-9-16)19(25)23-13-7-12-22-18(24)15-21(4,5)6/h8-11H,7,12-15H2,1-6H3/q-2. The van der Waals surface area contributed by atoms with Gasteiger partial charge in [-0.2, -0.15) is 0 Å². The van der Waals surface area contributed by atoms with Crippen molar-refractivity contribution in [1.29, 1.82) is 0 Å². The van der Waals surface area contributed by atoms with Crippen LogP contribution in [-0.2, 0) is 11.2 Å². The van der Waals surface area contributed by atoms with Crippen LogP contribution < -0.4 is 42.4 Å². The van der Waals surface area contributed by atoms with E-state index in [9.17, 15) is 9.59 Å². The van der Waals surface area contributed by atoms with Gasteiger partial charge in [0.25, 0.3) is 0 Å². The van der Waals surface area contributed by atoms with Crippen molar-refractivity contribution in [2.24, 2.45) is 10.8 Å². The predicted molar refractivity (Wildman–Crippen MR) is 97.4 cm³/mol. The van der Waals surface area contributed by atoms with Crippen molar-refractivity contribution in [3.63, 3.8) is 0 Å². The third-order valence-corrected chi connectivity index (χ3v) is 8.46. The van der Waals surface area contributed by atoms with Crippen LogP contribution in [0.3, 0.4) is 0 Å². The Morgan fingerprint density at radius 3 is 1.92 bits per heavy atom. The molecule has 0 saturated heterocycles. The molecule has 2 nitrogen and oxygen atoms in total. The Morgan fingerprint density at radius 2 is 1.40 bits per heavy atom. The van der Waals surface area contributed by atoms with Crippen molar-refractivity contribution in [3.8, 4) is 0 Å². The second-order valence-electron chi connectivity index (χ2n) is 8.80. The Bertz CT molecular complexity index is 563. The summed E-state index contributed by atoms with van der Waals surface area (Å²) >= 11 is -0.789. The van der Waals surface area contributed by atoms with Crippen molar-refractivity contribution in [1.82, 2.24) is 0 Å². The fraction of sp³-hybridized carbons (Fsp3) is 0.619. The van der Waals surface area contributed by atoms with Gasteiger partial charge in [-0.25, -0.2) is 0 Å². The first-order valence-electron chi connectivity index (χ1n) is 8.81. The van der Waals surface area contributed by atoms with E-state index in [1.807, 2.05) is 12.1 Å². The van der Waals surface area contributed by atoms with Crippen molar-refractivity contribution < 1.29 is 52.0 Å². The van der Waals surface area contributed by atoms with Crippen molar-refractivity contribution in [2.45, 2.75) is 60.8 Å². The second-order valence-corrected chi connectivity index (χ2v) is 14.7. The minimum atomic E-state index is -0.447. The molecule has 0 atom stereocenters. The molecule has 4 heteroatoms. The molecule has 0 heterocycles. The molecule has 0 radical (unpaired) electrons. The Hall–Kier alpha value is 0.0200. The van der Waals surface area contributed by atoms with E-state index >= 15 is 0 Å². The number of benzene rings is 1. The van der Waals surface area contributed by atoms with Crippen LogP contribution in [0.5, 0.6) is 0 Å². The molecule has 0 spiro atoms. The van der Waals surface area contributed by atoms with Gasteiger partial charge in [-0.1, -0.05) is 0 Å². The van der Waals surface area contributed by atoms with E-state index < -0.39 is 21.2 Å². The van der Waals surface area contributed by atoms with E-state index in [4.69, 9.17) is 0 Å². The second kappa shape index (κ2) is 10.4. The van der Waals surface area contributed by atoms with Crippen LogP contribution in [0.15, 0.2) is 24.3 Å². The van der Waals surface area contributed by atoms with E-state index in [0.717, 1.165) is 27.3 Å². The molecule has 0 aliphatic carbocycles. The summed E-state index contributed by atoms with van der Waals surface area (Å²) in [5.74, 6) is 0. The molecule has 144 valence electrons. The Kier molecular flexibility index (Phi) is 9.57. The van der Waals surface area contributed by atoms with Gasteiger partial charge in [0.1, 0.15) is 0 Å². The summed E-state index contributed by atoms with van der Waals surface area (Å²) in [6, 6.07) is 8.17. The zero-order valence-corrected chi connectivity index (χ0v) is 20.7. The number of hydrogen-bond acceptors (Lipinski definition) is 2. The maximum absolute atomic E-state index is 12.3. The molecule has 1 aromatic rings. The van der Waals surface area contributed by atoms with Gasteiger partial charge in [0.15, 0.2) is 0 Å². The molecule has 0 saturated carbocycles. The Labute approximate surface area is 174 Å². The van der Waals surface area contributed by atoms with Gasteiger partial charge in [-0.3, -0.25) is 0 Å². The van der Waals surface area contributed by atoms with E-state index in [1.165, 1.54) is 5.56 Å². The summed E-state index contributed by atoms with van der Waals surface area (Å²) < 4.78 is 2.83. The summed E-state index contributed by atoms with van der Waals surface area (Å²) in [5.41, 5.74) is 2.54. The van der Waals surface area contributed by atoms with Gasteiger partial charge < -0.3 is 0 Å². The molecule has 1 aromatic carbocycles. The quantitative estimate of drug-likeness (QED) is 0.165. The average Bonchev–Trinajstić information content (AvgIpc) is 2.43. The number of rotatable bonds is 9. The summed E-state index contributed by atoms with van der Waals surface area (Å²) in [6.07, 6.45) is 2.78. The van der Waals surface area contributed by atoms with E-state index in [0.29, 0.717) is 14.0 Å². The van der Waals surface area contributed by atoms with Gasteiger partial charge >= 0.3 is 175 Å². The van der Waals surface area contributed by atoms with Gasteiger partial charge in [0.05, 0.1) is 0 Å². The first-order chi connectivity index (χ1) is 11.5. The van der Waals surface area contributed by atoms with E-state index in [1.54, 1.807) is 0 Å². The normalized spacial score (nSPS) is 12.6. The van der Waals surface area contributed by atoms with E-state index in [2.05, 4.69) is 53.7 Å². The van der Waals surface area contributed by atoms with Crippen molar-refractivity contribution in [2.75, 3.05) is 8.86 Å². The van der Waals surface area contributed by atoms with Crippen LogP contribution >= 0.6 is 0 Å². The third kappa shape index (κ3) is 11.4. The van der Waals surface area contributed by atoms with Crippen LogP contribution in [0.1, 0.15) is 70.3 Å². The van der Waals surface area contributed by atoms with Crippen LogP contribution in [0, 0.1) is 10.8 Å². The zero-order chi connectivity index (χ0) is 19.1. The molecule has 0 aliphatic heterocycles. The van der Waals surface area contributed by atoms with E-state index in [-0.39, 0.29) is 32.0 Å². The van der Waals surface area contributed by atoms with Crippen molar-refractivity contribution >= 4 is 7.58 Å². The first kappa shape index (κ1) is 23.1. The number of carbonyl (C=O) groups is 2. The summed E-state index contributed by atoms with van der Waals surface area (Å²) in [6.45, 7) is 13.0. The number of halogens is 2. The minimum absolute atomic E-state index is 0.110. The fourth-order valence-electron chi connectivity index (χ4n) is 2.28. The Morgan fingerprint density at radius 1 is 0.840 bits per heavy atom. The van der Waals surface area contributed by atoms with Crippen molar-refractivity contribution in [3.05, 3.63) is 35.4 Å². The summed E-state index contributed by atoms with van der Waals surface area (Å²) in [4.78, 5) is 24.2. The number of hydrogen-bond donors (Lipinski definition) is 0. The maximum atomic E-state index is 12.3. The number of alkyl halides is 2.